The van der Waals surface area contributed by atoms with Gasteiger partial charge in [0.05, 0.1) is 11.3 Å². The number of anilines is 1. The molecule has 1 rings (SSSR count). The smallest absolute Gasteiger partial charge is 0.418 e. The molecule has 21 heavy (non-hydrogen) atoms. The Morgan fingerprint density at radius 2 is 1.95 bits per heavy atom. The third-order valence-electron chi connectivity index (χ3n) is 2.79. The number of nitrogens with zero attached hydrogens (tertiary/aromatic N) is 1. The SMILES string of the molecule is CC(C(=O)O)N(C)C(=O)Nc1ccc(Cl)cc1C(F)(F)F. The number of amides is 2. The molecule has 0 aromatic heterocycles. The highest BCUT2D eigenvalue weighted by molar-refractivity contribution is 6.30. The second-order valence-electron chi connectivity index (χ2n) is 4.24. The Kier molecular flexibility index (Phi) is 5.06. The summed E-state index contributed by atoms with van der Waals surface area (Å²) in [6.07, 6.45) is -4.70. The molecule has 0 aliphatic rings. The van der Waals surface area contributed by atoms with E-state index in [9.17, 15) is 22.8 Å². The molecule has 0 aliphatic carbocycles. The van der Waals surface area contributed by atoms with Crippen molar-refractivity contribution in [3.63, 3.8) is 0 Å². The lowest BCUT2D eigenvalue weighted by Gasteiger charge is -2.23. The molecule has 0 radical (unpaired) electrons. The number of nitrogens with one attached hydrogen (secondary N) is 1. The van der Waals surface area contributed by atoms with Crippen molar-refractivity contribution in [1.82, 2.24) is 4.90 Å². The number of hydrogen-bond acceptors (Lipinski definition) is 2. The average molecular weight is 325 g/mol. The number of carbonyl (C=O) groups is 2. The molecule has 0 spiro atoms. The van der Waals surface area contributed by atoms with E-state index in [0.29, 0.717) is 6.07 Å². The number of alkyl halides is 3. The van der Waals surface area contributed by atoms with E-state index in [1.54, 1.807) is 0 Å². The van der Waals surface area contributed by atoms with Gasteiger partial charge < -0.3 is 15.3 Å². The predicted octanol–water partition coefficient (Wildman–Crippen LogP) is 3.30. The van der Waals surface area contributed by atoms with Crippen LogP contribution in [0.15, 0.2) is 18.2 Å². The van der Waals surface area contributed by atoms with Crippen molar-refractivity contribution in [2.24, 2.45) is 0 Å². The summed E-state index contributed by atoms with van der Waals surface area (Å²) >= 11 is 5.51. The zero-order valence-electron chi connectivity index (χ0n) is 11.0. The Morgan fingerprint density at radius 1 is 1.38 bits per heavy atom. The minimum absolute atomic E-state index is 0.132. The van der Waals surface area contributed by atoms with Gasteiger partial charge in [-0.1, -0.05) is 11.6 Å². The molecule has 9 heteroatoms. The van der Waals surface area contributed by atoms with E-state index < -0.39 is 35.5 Å². The number of hydrogen-bond donors (Lipinski definition) is 2. The van der Waals surface area contributed by atoms with Gasteiger partial charge in [0.25, 0.3) is 0 Å². The number of urea groups is 1. The van der Waals surface area contributed by atoms with Crippen LogP contribution in [0, 0.1) is 0 Å². The second-order valence-corrected chi connectivity index (χ2v) is 4.68. The average Bonchev–Trinajstić information content (AvgIpc) is 2.37. The Balaban J connectivity index is 3.03. The molecule has 1 aromatic rings. The Morgan fingerprint density at radius 3 is 2.43 bits per heavy atom. The zero-order chi connectivity index (χ0) is 16.4. The molecule has 0 bridgehead atoms. The number of rotatable bonds is 3. The van der Waals surface area contributed by atoms with Crippen molar-refractivity contribution in [2.45, 2.75) is 19.1 Å². The first-order chi connectivity index (χ1) is 9.54. The van der Waals surface area contributed by atoms with Gasteiger partial charge in [-0.15, -0.1) is 0 Å². The number of carboxylic acid groups (broad SMARTS) is 1. The monoisotopic (exact) mass is 324 g/mol. The fourth-order valence-electron chi connectivity index (χ4n) is 1.40. The van der Waals surface area contributed by atoms with Crippen LogP contribution in [0.4, 0.5) is 23.7 Å². The number of aliphatic carboxylic acids is 1. The van der Waals surface area contributed by atoms with E-state index in [2.05, 4.69) is 0 Å². The van der Waals surface area contributed by atoms with Crippen molar-refractivity contribution in [3.8, 4) is 0 Å². The minimum atomic E-state index is -4.70. The largest absolute Gasteiger partial charge is 0.480 e. The van der Waals surface area contributed by atoms with Gasteiger partial charge in [0.15, 0.2) is 0 Å². The van der Waals surface area contributed by atoms with Crippen molar-refractivity contribution in [3.05, 3.63) is 28.8 Å². The molecular weight excluding hydrogens is 313 g/mol. The van der Waals surface area contributed by atoms with Crippen LogP contribution in [0.2, 0.25) is 5.02 Å². The summed E-state index contributed by atoms with van der Waals surface area (Å²) in [5.74, 6) is -1.28. The predicted molar refractivity (Wildman–Crippen MR) is 70.3 cm³/mol. The molecule has 1 aromatic carbocycles. The van der Waals surface area contributed by atoms with Gasteiger partial charge in [0.2, 0.25) is 0 Å². The van der Waals surface area contributed by atoms with Crippen LogP contribution in [0.25, 0.3) is 0 Å². The van der Waals surface area contributed by atoms with Crippen molar-refractivity contribution < 1.29 is 27.9 Å². The minimum Gasteiger partial charge on any atom is -0.480 e. The number of benzene rings is 1. The van der Waals surface area contributed by atoms with Crippen molar-refractivity contribution >= 4 is 29.3 Å². The number of halogens is 4. The summed E-state index contributed by atoms with van der Waals surface area (Å²) in [5.41, 5.74) is -1.61. The van der Waals surface area contributed by atoms with Crippen LogP contribution in [0.5, 0.6) is 0 Å². The summed E-state index contributed by atoms with van der Waals surface area (Å²) < 4.78 is 38.5. The van der Waals surface area contributed by atoms with Crippen LogP contribution in [-0.2, 0) is 11.0 Å². The number of likely N-dealkylation sites (N-methyl/N-ethyl adjacent to an activating group) is 1. The Labute approximate surface area is 123 Å². The highest BCUT2D eigenvalue weighted by Crippen LogP contribution is 2.36. The van der Waals surface area contributed by atoms with Crippen molar-refractivity contribution in [2.75, 3.05) is 12.4 Å². The standard InChI is InChI=1S/C12H12ClF3N2O3/c1-6(10(19)20)18(2)11(21)17-9-4-3-7(13)5-8(9)12(14,15)16/h3-6H,1-2H3,(H,17,21)(H,19,20). The van der Waals surface area contributed by atoms with Crippen LogP contribution in [0.3, 0.4) is 0 Å². The third-order valence-corrected chi connectivity index (χ3v) is 3.02. The third kappa shape index (κ3) is 4.25. The summed E-state index contributed by atoms with van der Waals surface area (Å²) in [6.45, 7) is 1.23. The zero-order valence-corrected chi connectivity index (χ0v) is 11.8. The molecule has 0 saturated heterocycles. The lowest BCUT2D eigenvalue weighted by Crippen LogP contribution is -2.42. The molecule has 0 heterocycles. The van der Waals surface area contributed by atoms with E-state index in [1.807, 2.05) is 5.32 Å². The molecule has 1 unspecified atom stereocenters. The number of carbonyl (C=O) groups excluding carboxylic acids is 1. The topological polar surface area (TPSA) is 69.6 Å². The summed E-state index contributed by atoms with van der Waals surface area (Å²) in [6, 6.07) is 0.706. The first-order valence-corrected chi connectivity index (χ1v) is 6.05. The molecule has 116 valence electrons. The molecule has 2 amide bonds. The summed E-state index contributed by atoms with van der Waals surface area (Å²) in [4.78, 5) is 23.3. The lowest BCUT2D eigenvalue weighted by atomic mass is 10.1. The van der Waals surface area contributed by atoms with Gasteiger partial charge in [0, 0.05) is 12.1 Å². The quantitative estimate of drug-likeness (QED) is 0.896. The molecule has 5 nitrogen and oxygen atoms in total. The van der Waals surface area contributed by atoms with E-state index in [4.69, 9.17) is 16.7 Å². The normalized spacial score (nSPS) is 12.7. The van der Waals surface area contributed by atoms with Gasteiger partial charge >= 0.3 is 18.2 Å². The van der Waals surface area contributed by atoms with Gasteiger partial charge in [-0.25, -0.2) is 9.59 Å². The number of carboxylic acids is 1. The maximum absolute atomic E-state index is 12.8. The van der Waals surface area contributed by atoms with Crippen molar-refractivity contribution in [1.29, 1.82) is 0 Å². The highest BCUT2D eigenvalue weighted by atomic mass is 35.5. The van der Waals surface area contributed by atoms with Crippen LogP contribution >= 0.6 is 11.6 Å². The summed E-state index contributed by atoms with van der Waals surface area (Å²) in [7, 11) is 1.16. The van der Waals surface area contributed by atoms with Gasteiger partial charge in [0.1, 0.15) is 6.04 Å². The molecule has 2 N–H and O–H groups in total. The second kappa shape index (κ2) is 6.21. The lowest BCUT2D eigenvalue weighted by molar-refractivity contribution is -0.141. The highest BCUT2D eigenvalue weighted by Gasteiger charge is 2.34. The van der Waals surface area contributed by atoms with Gasteiger partial charge in [-0.3, -0.25) is 0 Å². The van der Waals surface area contributed by atoms with E-state index in [0.717, 1.165) is 18.0 Å². The van der Waals surface area contributed by atoms with Gasteiger partial charge in [-0.2, -0.15) is 13.2 Å². The first kappa shape index (κ1) is 17.1. The van der Waals surface area contributed by atoms with Crippen LogP contribution in [0.1, 0.15) is 12.5 Å². The fraction of sp³-hybridized carbons (Fsp3) is 0.333. The molecular formula is C12H12ClF3N2O3. The molecule has 1 atom stereocenters. The van der Waals surface area contributed by atoms with Gasteiger partial charge in [-0.05, 0) is 25.1 Å². The fourth-order valence-corrected chi connectivity index (χ4v) is 1.58. The molecule has 0 aliphatic heterocycles. The molecule has 0 saturated carbocycles. The van der Waals surface area contributed by atoms with E-state index >= 15 is 0 Å². The van der Waals surface area contributed by atoms with Crippen LogP contribution in [-0.4, -0.2) is 35.1 Å². The molecule has 0 fully saturated rings. The Hall–Kier alpha value is -1.96. The summed E-state index contributed by atoms with van der Waals surface area (Å²) in [5, 5.41) is 10.7. The van der Waals surface area contributed by atoms with Crippen LogP contribution < -0.4 is 5.32 Å². The maximum Gasteiger partial charge on any atom is 0.418 e. The van der Waals surface area contributed by atoms with E-state index in [1.165, 1.54) is 13.0 Å². The van der Waals surface area contributed by atoms with E-state index in [-0.39, 0.29) is 5.02 Å². The first-order valence-electron chi connectivity index (χ1n) is 5.67. The Bertz CT molecular complexity index is 563. The maximum atomic E-state index is 12.8.